The highest BCUT2D eigenvalue weighted by Gasteiger charge is 2.08. The van der Waals surface area contributed by atoms with Gasteiger partial charge in [0.25, 0.3) is 0 Å². The summed E-state index contributed by atoms with van der Waals surface area (Å²) in [7, 11) is 2.08. The Balaban J connectivity index is 1.34. The number of para-hydroxylation sites is 2. The molecule has 0 atom stereocenters. The molecule has 0 radical (unpaired) electrons. The minimum absolute atomic E-state index is 0.781. The molecule has 0 aliphatic rings. The Labute approximate surface area is 150 Å². The lowest BCUT2D eigenvalue weighted by molar-refractivity contribution is 0.753. The summed E-state index contributed by atoms with van der Waals surface area (Å²) in [6.07, 6.45) is 1.93. The van der Waals surface area contributed by atoms with Gasteiger partial charge in [-0.3, -0.25) is 0 Å². The SMILES string of the molecule is Cn1c(CCCNc2nc(-c3ccccc3)ns2)nc2ccccc21. The summed E-state index contributed by atoms with van der Waals surface area (Å²) in [4.78, 5) is 9.26. The van der Waals surface area contributed by atoms with Crippen LogP contribution in [0.5, 0.6) is 0 Å². The molecular formula is C19H19N5S. The van der Waals surface area contributed by atoms with Crippen molar-refractivity contribution in [1.82, 2.24) is 18.9 Å². The second kappa shape index (κ2) is 7.03. The molecule has 4 aromatic rings. The predicted molar refractivity (Wildman–Crippen MR) is 103 cm³/mol. The van der Waals surface area contributed by atoms with E-state index in [0.717, 1.165) is 47.2 Å². The van der Waals surface area contributed by atoms with Gasteiger partial charge in [-0.25, -0.2) is 4.98 Å². The number of nitrogens with one attached hydrogen (secondary N) is 1. The molecule has 0 saturated heterocycles. The van der Waals surface area contributed by atoms with Gasteiger partial charge in [0, 0.05) is 37.1 Å². The zero-order valence-electron chi connectivity index (χ0n) is 14.0. The fourth-order valence-electron chi connectivity index (χ4n) is 2.86. The van der Waals surface area contributed by atoms with Crippen molar-refractivity contribution in [3.63, 3.8) is 0 Å². The minimum atomic E-state index is 0.781. The van der Waals surface area contributed by atoms with Gasteiger partial charge in [0.2, 0.25) is 5.13 Å². The molecule has 0 spiro atoms. The van der Waals surface area contributed by atoms with E-state index in [9.17, 15) is 0 Å². The highest BCUT2D eigenvalue weighted by atomic mass is 32.1. The third kappa shape index (κ3) is 3.39. The standard InChI is InChI=1S/C19H19N5S/c1-24-16-11-6-5-10-15(16)21-17(24)12-7-13-20-19-22-18(23-25-19)14-8-3-2-4-9-14/h2-6,8-11H,7,12-13H2,1H3,(H,20,22,23). The number of aryl methyl sites for hydroxylation is 2. The number of rotatable bonds is 6. The van der Waals surface area contributed by atoms with Crippen LogP contribution >= 0.6 is 11.5 Å². The lowest BCUT2D eigenvalue weighted by Crippen LogP contribution is -2.05. The fraction of sp³-hybridized carbons (Fsp3) is 0.211. The Morgan fingerprint density at radius 2 is 1.80 bits per heavy atom. The quantitative estimate of drug-likeness (QED) is 0.532. The topological polar surface area (TPSA) is 55.6 Å². The van der Waals surface area contributed by atoms with Gasteiger partial charge in [-0.15, -0.1) is 0 Å². The molecule has 0 saturated carbocycles. The molecule has 6 heteroatoms. The van der Waals surface area contributed by atoms with Crippen molar-refractivity contribution < 1.29 is 0 Å². The summed E-state index contributed by atoms with van der Waals surface area (Å²) < 4.78 is 6.59. The van der Waals surface area contributed by atoms with E-state index in [1.165, 1.54) is 17.0 Å². The molecular weight excluding hydrogens is 330 g/mol. The van der Waals surface area contributed by atoms with Crippen molar-refractivity contribution in [2.24, 2.45) is 7.05 Å². The molecule has 0 aliphatic heterocycles. The van der Waals surface area contributed by atoms with Crippen molar-refractivity contribution in [3.8, 4) is 11.4 Å². The summed E-state index contributed by atoms with van der Waals surface area (Å²) in [6.45, 7) is 0.854. The van der Waals surface area contributed by atoms with Gasteiger partial charge in [-0.05, 0) is 18.6 Å². The molecule has 126 valence electrons. The van der Waals surface area contributed by atoms with E-state index in [4.69, 9.17) is 4.98 Å². The number of hydrogen-bond donors (Lipinski definition) is 1. The van der Waals surface area contributed by atoms with Crippen LogP contribution in [0.3, 0.4) is 0 Å². The Bertz CT molecular complexity index is 974. The van der Waals surface area contributed by atoms with Crippen LogP contribution in [0.15, 0.2) is 54.6 Å². The molecule has 5 nitrogen and oxygen atoms in total. The molecule has 1 N–H and O–H groups in total. The van der Waals surface area contributed by atoms with Gasteiger partial charge in [-0.1, -0.05) is 42.5 Å². The summed E-state index contributed by atoms with van der Waals surface area (Å²) in [5.74, 6) is 1.90. The van der Waals surface area contributed by atoms with E-state index < -0.39 is 0 Å². The highest BCUT2D eigenvalue weighted by molar-refractivity contribution is 7.09. The second-order valence-corrected chi connectivity index (χ2v) is 6.65. The van der Waals surface area contributed by atoms with Gasteiger partial charge < -0.3 is 9.88 Å². The molecule has 2 aromatic heterocycles. The van der Waals surface area contributed by atoms with E-state index >= 15 is 0 Å². The normalized spacial score (nSPS) is 11.1. The summed E-state index contributed by atoms with van der Waals surface area (Å²) in [5.41, 5.74) is 3.29. The maximum Gasteiger partial charge on any atom is 0.202 e. The van der Waals surface area contributed by atoms with Gasteiger partial charge >= 0.3 is 0 Å². The highest BCUT2D eigenvalue weighted by Crippen LogP contribution is 2.21. The molecule has 0 fully saturated rings. The van der Waals surface area contributed by atoms with Crippen LogP contribution in [0.1, 0.15) is 12.2 Å². The van der Waals surface area contributed by atoms with E-state index in [1.54, 1.807) is 0 Å². The van der Waals surface area contributed by atoms with E-state index in [0.29, 0.717) is 0 Å². The van der Waals surface area contributed by atoms with E-state index in [-0.39, 0.29) is 0 Å². The first-order valence-electron chi connectivity index (χ1n) is 8.34. The number of hydrogen-bond acceptors (Lipinski definition) is 5. The third-order valence-electron chi connectivity index (χ3n) is 4.19. The maximum atomic E-state index is 4.71. The number of benzene rings is 2. The van der Waals surface area contributed by atoms with E-state index in [1.807, 2.05) is 36.4 Å². The van der Waals surface area contributed by atoms with Crippen LogP contribution in [-0.4, -0.2) is 25.5 Å². The van der Waals surface area contributed by atoms with Crippen LogP contribution < -0.4 is 5.32 Å². The Kier molecular flexibility index (Phi) is 4.43. The van der Waals surface area contributed by atoms with Crippen LogP contribution in [0.4, 0.5) is 5.13 Å². The van der Waals surface area contributed by atoms with Gasteiger partial charge in [0.1, 0.15) is 5.82 Å². The summed E-state index contributed by atoms with van der Waals surface area (Å²) >= 11 is 1.40. The van der Waals surface area contributed by atoms with Crippen molar-refractivity contribution >= 4 is 27.7 Å². The Morgan fingerprint density at radius 1 is 1.00 bits per heavy atom. The molecule has 0 unspecified atom stereocenters. The van der Waals surface area contributed by atoms with Crippen LogP contribution in [-0.2, 0) is 13.5 Å². The lowest BCUT2D eigenvalue weighted by Gasteiger charge is -2.03. The Morgan fingerprint density at radius 3 is 2.64 bits per heavy atom. The molecule has 25 heavy (non-hydrogen) atoms. The van der Waals surface area contributed by atoms with Crippen molar-refractivity contribution in [3.05, 3.63) is 60.4 Å². The lowest BCUT2D eigenvalue weighted by atomic mass is 10.2. The van der Waals surface area contributed by atoms with Crippen LogP contribution in [0, 0.1) is 0 Å². The number of nitrogens with zero attached hydrogens (tertiary/aromatic N) is 4. The molecule has 0 amide bonds. The van der Waals surface area contributed by atoms with Crippen LogP contribution in [0.25, 0.3) is 22.4 Å². The molecule has 2 heterocycles. The number of imidazole rings is 1. The zero-order chi connectivity index (χ0) is 17.1. The minimum Gasteiger partial charge on any atom is -0.360 e. The molecule has 4 rings (SSSR count). The number of anilines is 1. The maximum absolute atomic E-state index is 4.71. The number of fused-ring (bicyclic) bond motifs is 1. The van der Waals surface area contributed by atoms with Gasteiger partial charge in [-0.2, -0.15) is 9.36 Å². The average Bonchev–Trinajstić information content (AvgIpc) is 3.25. The Hall–Kier alpha value is -2.73. The fourth-order valence-corrected chi connectivity index (χ4v) is 3.47. The van der Waals surface area contributed by atoms with E-state index in [2.05, 4.69) is 44.5 Å². The first-order valence-corrected chi connectivity index (χ1v) is 9.12. The molecule has 0 aliphatic carbocycles. The average molecular weight is 349 g/mol. The van der Waals surface area contributed by atoms with Crippen molar-refractivity contribution in [1.29, 1.82) is 0 Å². The summed E-state index contributed by atoms with van der Waals surface area (Å²) in [6, 6.07) is 18.3. The van der Waals surface area contributed by atoms with Crippen molar-refractivity contribution in [2.75, 3.05) is 11.9 Å². The first kappa shape index (κ1) is 15.8. The largest absolute Gasteiger partial charge is 0.360 e. The van der Waals surface area contributed by atoms with Crippen LogP contribution in [0.2, 0.25) is 0 Å². The third-order valence-corrected chi connectivity index (χ3v) is 4.86. The molecule has 2 aromatic carbocycles. The first-order chi connectivity index (χ1) is 12.3. The van der Waals surface area contributed by atoms with Crippen molar-refractivity contribution in [2.45, 2.75) is 12.8 Å². The zero-order valence-corrected chi connectivity index (χ0v) is 14.8. The van der Waals surface area contributed by atoms with Gasteiger partial charge in [0.15, 0.2) is 5.82 Å². The van der Waals surface area contributed by atoms with Gasteiger partial charge in [0.05, 0.1) is 11.0 Å². The molecule has 0 bridgehead atoms. The number of aromatic nitrogens is 4. The predicted octanol–water partition coefficient (Wildman–Crippen LogP) is 4.14. The second-order valence-electron chi connectivity index (χ2n) is 5.90. The smallest absolute Gasteiger partial charge is 0.202 e. The summed E-state index contributed by atoms with van der Waals surface area (Å²) in [5, 5.41) is 4.23. The monoisotopic (exact) mass is 349 g/mol.